The molecule has 0 spiro atoms. The molecule has 184 valence electrons. The average Bonchev–Trinajstić information content (AvgIpc) is 3.63. The Morgan fingerprint density at radius 3 is 2.67 bits per heavy atom. The van der Waals surface area contributed by atoms with Gasteiger partial charge in [0.25, 0.3) is 5.91 Å². The van der Waals surface area contributed by atoms with Crippen molar-refractivity contribution in [3.8, 4) is 10.4 Å². The monoisotopic (exact) mass is 521 g/mol. The van der Waals surface area contributed by atoms with Crippen LogP contribution in [-0.4, -0.2) is 53.1 Å². The molecule has 3 amide bonds. The van der Waals surface area contributed by atoms with Gasteiger partial charge in [-0.05, 0) is 23.6 Å². The number of aromatic nitrogens is 2. The molecule has 0 radical (unpaired) electrons. The van der Waals surface area contributed by atoms with E-state index < -0.39 is 5.91 Å². The smallest absolute Gasteiger partial charge is 0.322 e. The number of morpholine rings is 1. The number of nitrogens with one attached hydrogen (secondary N) is 1. The molecule has 36 heavy (non-hydrogen) atoms. The Hall–Kier alpha value is -3.74. The third-order valence-corrected chi connectivity index (χ3v) is 8.37. The van der Waals surface area contributed by atoms with Crippen LogP contribution in [0.25, 0.3) is 20.7 Å². The van der Waals surface area contributed by atoms with E-state index in [0.717, 1.165) is 46.0 Å². The first-order valence-electron chi connectivity index (χ1n) is 11.4. The van der Waals surface area contributed by atoms with Gasteiger partial charge in [-0.3, -0.25) is 4.79 Å². The fraction of sp³-hybridized carbons (Fsp3) is 0.250. The van der Waals surface area contributed by atoms with Crippen LogP contribution >= 0.6 is 22.7 Å². The van der Waals surface area contributed by atoms with Crippen molar-refractivity contribution >= 4 is 62.0 Å². The summed E-state index contributed by atoms with van der Waals surface area (Å²) in [4.78, 5) is 40.2. The fourth-order valence-electron chi connectivity index (χ4n) is 4.63. The minimum atomic E-state index is -0.568. The van der Waals surface area contributed by atoms with Crippen LogP contribution in [0.3, 0.4) is 0 Å². The van der Waals surface area contributed by atoms with E-state index in [0.29, 0.717) is 47.4 Å². The van der Waals surface area contributed by atoms with Crippen molar-refractivity contribution in [1.82, 2.24) is 14.9 Å². The lowest BCUT2D eigenvalue weighted by molar-refractivity contribution is 0.100. The van der Waals surface area contributed by atoms with E-state index in [1.807, 2.05) is 29.6 Å². The highest BCUT2D eigenvalue weighted by atomic mass is 32.1. The molecule has 2 aliphatic rings. The molecule has 6 heterocycles. The van der Waals surface area contributed by atoms with Crippen molar-refractivity contribution in [3.63, 3.8) is 0 Å². The number of nitrogens with two attached hydrogens (primary N) is 2. The van der Waals surface area contributed by atoms with Gasteiger partial charge >= 0.3 is 6.03 Å². The number of ether oxygens (including phenoxy) is 1. The highest BCUT2D eigenvalue weighted by molar-refractivity contribution is 7.21. The number of hydrogen-bond acceptors (Lipinski definition) is 9. The average molecular weight is 522 g/mol. The fourth-order valence-corrected chi connectivity index (χ4v) is 6.41. The summed E-state index contributed by atoms with van der Waals surface area (Å²) in [7, 11) is 0. The molecule has 6 rings (SSSR count). The summed E-state index contributed by atoms with van der Waals surface area (Å²) in [6.45, 7) is 3.69. The number of carbonyl (C=O) groups is 2. The van der Waals surface area contributed by atoms with Crippen LogP contribution in [0.2, 0.25) is 0 Å². The lowest BCUT2D eigenvalue weighted by Crippen LogP contribution is -2.36. The number of nitrogen functional groups attached to an aromatic ring is 1. The predicted molar refractivity (Wildman–Crippen MR) is 141 cm³/mol. The van der Waals surface area contributed by atoms with Crippen molar-refractivity contribution in [1.29, 1.82) is 0 Å². The second kappa shape index (κ2) is 9.04. The lowest BCUT2D eigenvalue weighted by Gasteiger charge is -2.27. The second-order valence-electron chi connectivity index (χ2n) is 8.57. The molecule has 5 N–H and O–H groups in total. The summed E-state index contributed by atoms with van der Waals surface area (Å²) in [5.41, 5.74) is 15.5. The SMILES string of the molecule is NC(=O)c1sc2nc3c(c(-c4cccs4)c2c1N)CN(C(=O)Nc1ccc(N2CCOCC2)nc1)C3. The van der Waals surface area contributed by atoms with Gasteiger partial charge < -0.3 is 31.3 Å². The topological polar surface area (TPSA) is 140 Å². The van der Waals surface area contributed by atoms with Crippen molar-refractivity contribution in [3.05, 3.63) is 52.0 Å². The van der Waals surface area contributed by atoms with Gasteiger partial charge in [0.05, 0.1) is 49.6 Å². The molecule has 4 aromatic rings. The van der Waals surface area contributed by atoms with E-state index >= 15 is 0 Å². The third-order valence-electron chi connectivity index (χ3n) is 6.37. The quantitative estimate of drug-likeness (QED) is 0.373. The molecule has 12 heteroatoms. The molecule has 0 saturated carbocycles. The number of fused-ring (bicyclic) bond motifs is 2. The number of urea groups is 1. The zero-order chi connectivity index (χ0) is 24.8. The molecule has 1 fully saturated rings. The number of pyridine rings is 2. The molecule has 0 atom stereocenters. The maximum Gasteiger partial charge on any atom is 0.322 e. The molecular weight excluding hydrogens is 498 g/mol. The van der Waals surface area contributed by atoms with Gasteiger partial charge in [-0.2, -0.15) is 0 Å². The minimum Gasteiger partial charge on any atom is -0.397 e. The van der Waals surface area contributed by atoms with Crippen molar-refractivity contribution in [2.75, 3.05) is 42.3 Å². The van der Waals surface area contributed by atoms with Gasteiger partial charge in [-0.1, -0.05) is 6.07 Å². The Kier molecular flexibility index (Phi) is 5.70. The van der Waals surface area contributed by atoms with Crippen LogP contribution in [0.5, 0.6) is 0 Å². The first kappa shape index (κ1) is 22.7. The van der Waals surface area contributed by atoms with Gasteiger partial charge in [0.2, 0.25) is 0 Å². The third kappa shape index (κ3) is 3.92. The normalized spacial score (nSPS) is 15.3. The maximum absolute atomic E-state index is 13.2. The number of primary amides is 1. The second-order valence-corrected chi connectivity index (χ2v) is 10.5. The van der Waals surface area contributed by atoms with Crippen molar-refractivity contribution in [2.45, 2.75) is 13.1 Å². The minimum absolute atomic E-state index is 0.236. The van der Waals surface area contributed by atoms with Gasteiger partial charge in [0, 0.05) is 34.5 Å². The Bertz CT molecular complexity index is 1460. The standard InChI is InChI=1S/C24H23N7O3S2/c25-20-19-18(16-2-1-9-35-16)14-11-31(12-15(14)29-23(19)36-21(20)22(26)32)24(33)28-13-3-4-17(27-10-13)30-5-7-34-8-6-30/h1-4,9-10H,5-8,11-12,25H2,(H2,26,32)(H,28,33). The number of thiophene rings is 2. The largest absolute Gasteiger partial charge is 0.397 e. The zero-order valence-corrected chi connectivity index (χ0v) is 20.8. The molecule has 0 bridgehead atoms. The number of hydrogen-bond donors (Lipinski definition) is 3. The first-order valence-corrected chi connectivity index (χ1v) is 13.1. The number of rotatable bonds is 4. The summed E-state index contributed by atoms with van der Waals surface area (Å²) in [6.07, 6.45) is 1.67. The molecule has 1 saturated heterocycles. The Morgan fingerprint density at radius 2 is 1.97 bits per heavy atom. The molecule has 0 aromatic carbocycles. The van der Waals surface area contributed by atoms with Crippen LogP contribution in [0, 0.1) is 0 Å². The Balaban J connectivity index is 1.27. The highest BCUT2D eigenvalue weighted by Crippen LogP contribution is 2.45. The maximum atomic E-state index is 13.2. The first-order chi connectivity index (χ1) is 17.5. The highest BCUT2D eigenvalue weighted by Gasteiger charge is 2.31. The van der Waals surface area contributed by atoms with Gasteiger partial charge in [0.15, 0.2) is 0 Å². The van der Waals surface area contributed by atoms with E-state index in [9.17, 15) is 9.59 Å². The van der Waals surface area contributed by atoms with E-state index in [2.05, 4.69) is 15.2 Å². The summed E-state index contributed by atoms with van der Waals surface area (Å²) < 4.78 is 5.39. The molecule has 10 nitrogen and oxygen atoms in total. The predicted octanol–water partition coefficient (Wildman–Crippen LogP) is 3.49. The van der Waals surface area contributed by atoms with Gasteiger partial charge in [-0.15, -0.1) is 22.7 Å². The lowest BCUT2D eigenvalue weighted by atomic mass is 10.0. The number of carbonyl (C=O) groups excluding carboxylic acids is 2. The molecule has 0 unspecified atom stereocenters. The van der Waals surface area contributed by atoms with Crippen molar-refractivity contribution < 1.29 is 14.3 Å². The van der Waals surface area contributed by atoms with Crippen LogP contribution in [0.15, 0.2) is 35.8 Å². The number of nitrogens with zero attached hydrogens (tertiary/aromatic N) is 4. The van der Waals surface area contributed by atoms with Crippen LogP contribution in [0.1, 0.15) is 20.9 Å². The Morgan fingerprint density at radius 1 is 1.14 bits per heavy atom. The zero-order valence-electron chi connectivity index (χ0n) is 19.2. The molecule has 4 aromatic heterocycles. The van der Waals surface area contributed by atoms with Gasteiger partial charge in [-0.25, -0.2) is 14.8 Å². The molecular formula is C24H23N7O3S2. The van der Waals surface area contributed by atoms with Crippen LogP contribution < -0.4 is 21.7 Å². The van der Waals surface area contributed by atoms with E-state index in [1.54, 1.807) is 22.4 Å². The number of anilines is 3. The number of amides is 3. The van der Waals surface area contributed by atoms with E-state index in [-0.39, 0.29) is 6.03 Å². The van der Waals surface area contributed by atoms with Crippen LogP contribution in [-0.2, 0) is 17.8 Å². The summed E-state index contributed by atoms with van der Waals surface area (Å²) in [6, 6.07) is 7.49. The van der Waals surface area contributed by atoms with E-state index in [4.69, 9.17) is 21.2 Å². The Labute approximate surface area is 214 Å². The molecule has 0 aliphatic carbocycles. The summed E-state index contributed by atoms with van der Waals surface area (Å²) in [5, 5.41) is 5.65. The molecule has 2 aliphatic heterocycles. The van der Waals surface area contributed by atoms with Crippen molar-refractivity contribution in [2.24, 2.45) is 5.73 Å². The summed E-state index contributed by atoms with van der Waals surface area (Å²) >= 11 is 2.76. The van der Waals surface area contributed by atoms with Crippen LogP contribution in [0.4, 0.5) is 22.0 Å². The van der Waals surface area contributed by atoms with Gasteiger partial charge in [0.1, 0.15) is 15.5 Å². The summed E-state index contributed by atoms with van der Waals surface area (Å²) in [5.74, 6) is 0.296. The van der Waals surface area contributed by atoms with E-state index in [1.165, 1.54) is 11.3 Å².